The lowest BCUT2D eigenvalue weighted by Gasteiger charge is -2.38. The third-order valence-corrected chi connectivity index (χ3v) is 3.58. The molecule has 1 atom stereocenters. The summed E-state index contributed by atoms with van der Waals surface area (Å²) in [5, 5.41) is 3.50. The van der Waals surface area contributed by atoms with Gasteiger partial charge in [-0.25, -0.2) is 4.79 Å². The van der Waals surface area contributed by atoms with Crippen molar-refractivity contribution in [2.75, 3.05) is 26.8 Å². The number of amides is 1. The maximum Gasteiger partial charge on any atom is 0.410 e. The minimum atomic E-state index is -0.443. The van der Waals surface area contributed by atoms with Crippen LogP contribution >= 0.6 is 0 Å². The molecule has 0 aromatic heterocycles. The minimum Gasteiger partial charge on any atom is -0.444 e. The summed E-state index contributed by atoms with van der Waals surface area (Å²) in [5.74, 6) is 0. The number of nitrogens with one attached hydrogen (secondary N) is 1. The number of rotatable bonds is 5. The summed E-state index contributed by atoms with van der Waals surface area (Å²) in [5.41, 5.74) is -0.534. The normalized spacial score (nSPS) is 20.5. The number of ether oxygens (including phenoxy) is 2. The second-order valence-corrected chi connectivity index (χ2v) is 7.52. The molecule has 0 saturated carbocycles. The van der Waals surface area contributed by atoms with Gasteiger partial charge in [-0.05, 0) is 53.9 Å². The number of likely N-dealkylation sites (tertiary alicyclic amines) is 1. The first kappa shape index (κ1) is 18.2. The Morgan fingerprint density at radius 3 is 2.48 bits per heavy atom. The van der Waals surface area contributed by atoms with Gasteiger partial charge >= 0.3 is 6.09 Å². The van der Waals surface area contributed by atoms with E-state index in [-0.39, 0.29) is 17.7 Å². The van der Waals surface area contributed by atoms with Crippen molar-refractivity contribution in [3.8, 4) is 0 Å². The number of piperidine rings is 1. The van der Waals surface area contributed by atoms with Gasteiger partial charge in [0.15, 0.2) is 0 Å². The lowest BCUT2D eigenvalue weighted by Crippen LogP contribution is -2.54. The number of carbonyl (C=O) groups excluding carboxylic acids is 1. The van der Waals surface area contributed by atoms with E-state index < -0.39 is 5.60 Å². The van der Waals surface area contributed by atoms with Crippen molar-refractivity contribution in [3.63, 3.8) is 0 Å². The van der Waals surface area contributed by atoms with Crippen molar-refractivity contribution >= 4 is 6.09 Å². The first-order chi connectivity index (χ1) is 9.64. The molecule has 0 aliphatic carbocycles. The molecule has 0 aromatic carbocycles. The quantitative estimate of drug-likeness (QED) is 0.848. The SMILES string of the molecule is COCC(C)(C)NCC1CCCCN1C(=O)OC(C)(C)C. The van der Waals surface area contributed by atoms with Crippen LogP contribution in [0.3, 0.4) is 0 Å². The van der Waals surface area contributed by atoms with Gasteiger partial charge in [-0.15, -0.1) is 0 Å². The topological polar surface area (TPSA) is 50.8 Å². The van der Waals surface area contributed by atoms with Crippen LogP contribution in [-0.4, -0.2) is 55.0 Å². The fraction of sp³-hybridized carbons (Fsp3) is 0.938. The molecule has 0 bridgehead atoms. The van der Waals surface area contributed by atoms with Gasteiger partial charge in [-0.1, -0.05) is 0 Å². The van der Waals surface area contributed by atoms with Crippen LogP contribution < -0.4 is 5.32 Å². The number of nitrogens with zero attached hydrogens (tertiary/aromatic N) is 1. The van der Waals surface area contributed by atoms with Gasteiger partial charge in [0.05, 0.1) is 6.61 Å². The summed E-state index contributed by atoms with van der Waals surface area (Å²) >= 11 is 0. The number of carbonyl (C=O) groups is 1. The molecule has 5 nitrogen and oxygen atoms in total. The molecule has 1 saturated heterocycles. The Kier molecular flexibility index (Phi) is 6.47. The Morgan fingerprint density at radius 1 is 1.24 bits per heavy atom. The first-order valence-electron chi connectivity index (χ1n) is 7.88. The predicted molar refractivity (Wildman–Crippen MR) is 84.5 cm³/mol. The highest BCUT2D eigenvalue weighted by Crippen LogP contribution is 2.20. The molecule has 1 fully saturated rings. The molecule has 124 valence electrons. The Balaban J connectivity index is 2.59. The van der Waals surface area contributed by atoms with E-state index in [4.69, 9.17) is 9.47 Å². The highest BCUT2D eigenvalue weighted by atomic mass is 16.6. The second-order valence-electron chi connectivity index (χ2n) is 7.52. The van der Waals surface area contributed by atoms with Crippen LogP contribution in [-0.2, 0) is 9.47 Å². The van der Waals surface area contributed by atoms with E-state index >= 15 is 0 Å². The van der Waals surface area contributed by atoms with Gasteiger partial charge in [0.1, 0.15) is 5.60 Å². The summed E-state index contributed by atoms with van der Waals surface area (Å²) in [6.07, 6.45) is 3.04. The van der Waals surface area contributed by atoms with Crippen LogP contribution in [0.1, 0.15) is 53.9 Å². The monoisotopic (exact) mass is 300 g/mol. The molecule has 1 aliphatic rings. The van der Waals surface area contributed by atoms with Gasteiger partial charge in [0, 0.05) is 31.8 Å². The average molecular weight is 300 g/mol. The van der Waals surface area contributed by atoms with E-state index in [1.165, 1.54) is 0 Å². The molecule has 0 radical (unpaired) electrons. The Morgan fingerprint density at radius 2 is 1.90 bits per heavy atom. The molecule has 21 heavy (non-hydrogen) atoms. The summed E-state index contributed by atoms with van der Waals surface area (Å²) in [7, 11) is 1.71. The van der Waals surface area contributed by atoms with Crippen molar-refractivity contribution in [3.05, 3.63) is 0 Å². The second kappa shape index (κ2) is 7.45. The maximum absolute atomic E-state index is 12.3. The third kappa shape index (κ3) is 6.66. The van der Waals surface area contributed by atoms with Crippen LogP contribution in [0, 0.1) is 0 Å². The molecule has 1 rings (SSSR count). The van der Waals surface area contributed by atoms with Gasteiger partial charge in [0.2, 0.25) is 0 Å². The zero-order valence-corrected chi connectivity index (χ0v) is 14.5. The minimum absolute atomic E-state index is 0.0915. The van der Waals surface area contributed by atoms with Crippen molar-refractivity contribution in [1.82, 2.24) is 10.2 Å². The molecular formula is C16H32N2O3. The van der Waals surface area contributed by atoms with Gasteiger partial charge < -0.3 is 19.7 Å². The van der Waals surface area contributed by atoms with Crippen LogP contribution in [0.15, 0.2) is 0 Å². The van der Waals surface area contributed by atoms with Gasteiger partial charge in [-0.2, -0.15) is 0 Å². The largest absolute Gasteiger partial charge is 0.444 e. The van der Waals surface area contributed by atoms with Gasteiger partial charge in [-0.3, -0.25) is 0 Å². The first-order valence-corrected chi connectivity index (χ1v) is 7.88. The summed E-state index contributed by atoms with van der Waals surface area (Å²) in [4.78, 5) is 14.2. The molecule has 1 aliphatic heterocycles. The van der Waals surface area contributed by atoms with E-state index in [9.17, 15) is 4.79 Å². The number of methoxy groups -OCH3 is 1. The highest BCUT2D eigenvalue weighted by molar-refractivity contribution is 5.68. The summed E-state index contributed by atoms with van der Waals surface area (Å²) < 4.78 is 10.7. The van der Waals surface area contributed by atoms with E-state index in [0.717, 1.165) is 32.4 Å². The molecule has 1 N–H and O–H groups in total. The van der Waals surface area contributed by atoms with E-state index in [1.807, 2.05) is 25.7 Å². The zero-order chi connectivity index (χ0) is 16.1. The van der Waals surface area contributed by atoms with Crippen LogP contribution in [0.2, 0.25) is 0 Å². The fourth-order valence-corrected chi connectivity index (χ4v) is 2.58. The van der Waals surface area contributed by atoms with Crippen LogP contribution in [0.4, 0.5) is 4.79 Å². The summed E-state index contributed by atoms with van der Waals surface area (Å²) in [6, 6.07) is 0.199. The lowest BCUT2D eigenvalue weighted by atomic mass is 10.0. The van der Waals surface area contributed by atoms with Crippen molar-refractivity contribution in [1.29, 1.82) is 0 Å². The molecule has 0 spiro atoms. The highest BCUT2D eigenvalue weighted by Gasteiger charge is 2.31. The Hall–Kier alpha value is -0.810. The molecule has 1 unspecified atom stereocenters. The standard InChI is InChI=1S/C16H32N2O3/c1-15(2,3)21-14(19)18-10-8-7-9-13(18)11-17-16(4,5)12-20-6/h13,17H,7-12H2,1-6H3. The van der Waals surface area contributed by atoms with E-state index in [2.05, 4.69) is 19.2 Å². The van der Waals surface area contributed by atoms with Crippen molar-refractivity contribution in [2.45, 2.75) is 71.1 Å². The van der Waals surface area contributed by atoms with Crippen LogP contribution in [0.5, 0.6) is 0 Å². The predicted octanol–water partition coefficient (Wildman–Crippen LogP) is 2.79. The Bertz CT molecular complexity index is 337. The third-order valence-electron chi connectivity index (χ3n) is 3.58. The van der Waals surface area contributed by atoms with Crippen LogP contribution in [0.25, 0.3) is 0 Å². The zero-order valence-electron chi connectivity index (χ0n) is 14.5. The average Bonchev–Trinajstić information content (AvgIpc) is 2.35. The van der Waals surface area contributed by atoms with Crippen molar-refractivity contribution < 1.29 is 14.3 Å². The summed E-state index contributed by atoms with van der Waals surface area (Å²) in [6.45, 7) is 12.1. The Labute approximate surface area is 129 Å². The number of hydrogen-bond acceptors (Lipinski definition) is 4. The molecule has 0 aromatic rings. The lowest BCUT2D eigenvalue weighted by molar-refractivity contribution is 0.00844. The molecular weight excluding hydrogens is 268 g/mol. The smallest absolute Gasteiger partial charge is 0.410 e. The van der Waals surface area contributed by atoms with Crippen molar-refractivity contribution in [2.24, 2.45) is 0 Å². The number of hydrogen-bond donors (Lipinski definition) is 1. The van der Waals surface area contributed by atoms with E-state index in [0.29, 0.717) is 6.61 Å². The molecule has 1 amide bonds. The molecule has 1 heterocycles. The fourth-order valence-electron chi connectivity index (χ4n) is 2.58. The maximum atomic E-state index is 12.3. The van der Waals surface area contributed by atoms with E-state index in [1.54, 1.807) is 7.11 Å². The van der Waals surface area contributed by atoms with Gasteiger partial charge in [0.25, 0.3) is 0 Å². The molecule has 5 heteroatoms.